The molecule has 1 aliphatic rings. The lowest BCUT2D eigenvalue weighted by Gasteiger charge is -2.31. The monoisotopic (exact) mass is 290 g/mol. The molecule has 3 heterocycles. The number of H-pyrrole nitrogens is 1. The van der Waals surface area contributed by atoms with Crippen LogP contribution in [0.5, 0.6) is 0 Å². The number of hydrogen-bond donors (Lipinski definition) is 2. The van der Waals surface area contributed by atoms with Gasteiger partial charge in [0.1, 0.15) is 5.82 Å². The number of likely N-dealkylation sites (tertiary alicyclic amines) is 1. The molecule has 1 aliphatic heterocycles. The molecule has 2 N–H and O–H groups in total. The van der Waals surface area contributed by atoms with Gasteiger partial charge in [-0.05, 0) is 49.8 Å². The topological polar surface area (TPSA) is 44.0 Å². The van der Waals surface area contributed by atoms with E-state index in [1.165, 1.54) is 30.8 Å². The standard InChI is InChI=1S/C15H22N4S/c1-2-14(20-9-1)12-19-7-3-13(4-8-19)10-16-11-15-17-5-6-18-15/h1-2,5-6,9,13,16H,3-4,7-8,10-12H2,(H,17,18). The summed E-state index contributed by atoms with van der Waals surface area (Å²) in [7, 11) is 0. The fraction of sp³-hybridized carbons (Fsp3) is 0.533. The minimum Gasteiger partial charge on any atom is -0.348 e. The number of aromatic nitrogens is 2. The molecule has 0 spiro atoms. The van der Waals surface area contributed by atoms with Gasteiger partial charge in [0.2, 0.25) is 0 Å². The summed E-state index contributed by atoms with van der Waals surface area (Å²) in [6, 6.07) is 4.38. The smallest absolute Gasteiger partial charge is 0.120 e. The summed E-state index contributed by atoms with van der Waals surface area (Å²) in [6.07, 6.45) is 6.28. The van der Waals surface area contributed by atoms with Crippen molar-refractivity contribution in [2.45, 2.75) is 25.9 Å². The van der Waals surface area contributed by atoms with Crippen molar-refractivity contribution in [2.24, 2.45) is 5.92 Å². The summed E-state index contributed by atoms with van der Waals surface area (Å²) in [5.74, 6) is 1.84. The van der Waals surface area contributed by atoms with Crippen LogP contribution >= 0.6 is 11.3 Å². The van der Waals surface area contributed by atoms with E-state index in [4.69, 9.17) is 0 Å². The molecule has 0 radical (unpaired) electrons. The first-order valence-electron chi connectivity index (χ1n) is 7.34. The van der Waals surface area contributed by atoms with Crippen molar-refractivity contribution in [2.75, 3.05) is 19.6 Å². The van der Waals surface area contributed by atoms with E-state index in [9.17, 15) is 0 Å². The Morgan fingerprint density at radius 2 is 2.30 bits per heavy atom. The van der Waals surface area contributed by atoms with Gasteiger partial charge in [-0.1, -0.05) is 6.07 Å². The number of hydrogen-bond acceptors (Lipinski definition) is 4. The van der Waals surface area contributed by atoms with Crippen molar-refractivity contribution in [3.05, 3.63) is 40.6 Å². The maximum Gasteiger partial charge on any atom is 0.120 e. The van der Waals surface area contributed by atoms with Gasteiger partial charge < -0.3 is 10.3 Å². The fourth-order valence-electron chi connectivity index (χ4n) is 2.76. The second kappa shape index (κ2) is 7.02. The molecule has 2 aromatic rings. The fourth-order valence-corrected chi connectivity index (χ4v) is 3.51. The molecule has 5 heteroatoms. The van der Waals surface area contributed by atoms with Crippen molar-refractivity contribution >= 4 is 11.3 Å². The van der Waals surface area contributed by atoms with Crippen molar-refractivity contribution in [3.8, 4) is 0 Å². The Morgan fingerprint density at radius 1 is 1.40 bits per heavy atom. The average molecular weight is 290 g/mol. The molecule has 0 bridgehead atoms. The molecule has 0 aromatic carbocycles. The summed E-state index contributed by atoms with van der Waals surface area (Å²) in [6.45, 7) is 5.54. The van der Waals surface area contributed by atoms with E-state index < -0.39 is 0 Å². The maximum absolute atomic E-state index is 4.23. The van der Waals surface area contributed by atoms with Crippen LogP contribution in [0.2, 0.25) is 0 Å². The molecular formula is C15H22N4S. The van der Waals surface area contributed by atoms with Gasteiger partial charge in [0.05, 0.1) is 6.54 Å². The zero-order chi connectivity index (χ0) is 13.6. The van der Waals surface area contributed by atoms with Crippen LogP contribution in [0.3, 0.4) is 0 Å². The second-order valence-corrected chi connectivity index (χ2v) is 6.50. The van der Waals surface area contributed by atoms with Crippen LogP contribution in [0.4, 0.5) is 0 Å². The summed E-state index contributed by atoms with van der Waals surface area (Å²) in [5.41, 5.74) is 0. The minimum absolute atomic E-state index is 0.810. The number of nitrogens with zero attached hydrogens (tertiary/aromatic N) is 2. The van der Waals surface area contributed by atoms with Crippen molar-refractivity contribution in [1.82, 2.24) is 20.2 Å². The zero-order valence-electron chi connectivity index (χ0n) is 11.7. The van der Waals surface area contributed by atoms with Crippen molar-refractivity contribution in [3.63, 3.8) is 0 Å². The number of thiophene rings is 1. The van der Waals surface area contributed by atoms with Gasteiger partial charge in [-0.15, -0.1) is 11.3 Å². The van der Waals surface area contributed by atoms with Crippen molar-refractivity contribution in [1.29, 1.82) is 0 Å². The SMILES string of the molecule is c1csc(CN2CCC(CNCc3ncc[nH]3)CC2)c1. The normalized spacial score (nSPS) is 17.6. The van der Waals surface area contributed by atoms with Crippen molar-refractivity contribution < 1.29 is 0 Å². The lowest BCUT2D eigenvalue weighted by molar-refractivity contribution is 0.176. The third-order valence-corrected chi connectivity index (χ3v) is 4.81. The average Bonchev–Trinajstić information content (AvgIpc) is 3.14. The Kier molecular flexibility index (Phi) is 4.84. The van der Waals surface area contributed by atoms with Crippen LogP contribution < -0.4 is 5.32 Å². The number of piperidine rings is 1. The third kappa shape index (κ3) is 3.91. The highest BCUT2D eigenvalue weighted by Crippen LogP contribution is 2.20. The van der Waals surface area contributed by atoms with E-state index in [1.807, 2.05) is 17.5 Å². The molecular weight excluding hydrogens is 268 g/mol. The Labute approximate surface area is 124 Å². The Balaban J connectivity index is 1.34. The van der Waals surface area contributed by atoms with Crippen LogP contribution in [0.1, 0.15) is 23.5 Å². The van der Waals surface area contributed by atoms with Crippen LogP contribution in [0.25, 0.3) is 0 Å². The summed E-state index contributed by atoms with van der Waals surface area (Å²) in [5, 5.41) is 5.67. The molecule has 0 amide bonds. The largest absolute Gasteiger partial charge is 0.348 e. The summed E-state index contributed by atoms with van der Waals surface area (Å²) >= 11 is 1.87. The number of imidazole rings is 1. The first-order chi connectivity index (χ1) is 9.90. The van der Waals surface area contributed by atoms with E-state index in [0.717, 1.165) is 31.4 Å². The van der Waals surface area contributed by atoms with Gasteiger partial charge in [-0.3, -0.25) is 4.90 Å². The molecule has 1 fully saturated rings. The lowest BCUT2D eigenvalue weighted by Crippen LogP contribution is -2.36. The molecule has 0 aliphatic carbocycles. The van der Waals surface area contributed by atoms with Gasteiger partial charge in [0.25, 0.3) is 0 Å². The van der Waals surface area contributed by atoms with Gasteiger partial charge in [0.15, 0.2) is 0 Å². The maximum atomic E-state index is 4.23. The zero-order valence-corrected chi connectivity index (χ0v) is 12.5. The second-order valence-electron chi connectivity index (χ2n) is 5.47. The minimum atomic E-state index is 0.810. The van der Waals surface area contributed by atoms with E-state index in [0.29, 0.717) is 0 Å². The molecule has 108 valence electrons. The predicted molar refractivity (Wildman–Crippen MR) is 82.6 cm³/mol. The number of aromatic amines is 1. The highest BCUT2D eigenvalue weighted by molar-refractivity contribution is 7.09. The van der Waals surface area contributed by atoms with Crippen LogP contribution in [0, 0.1) is 5.92 Å². The highest BCUT2D eigenvalue weighted by atomic mass is 32.1. The molecule has 3 rings (SSSR count). The molecule has 1 saturated heterocycles. The lowest BCUT2D eigenvalue weighted by atomic mass is 9.97. The molecule has 20 heavy (non-hydrogen) atoms. The van der Waals surface area contributed by atoms with E-state index in [1.54, 1.807) is 6.20 Å². The summed E-state index contributed by atoms with van der Waals surface area (Å²) < 4.78 is 0. The predicted octanol–water partition coefficient (Wildman–Crippen LogP) is 2.47. The first kappa shape index (κ1) is 13.8. The molecule has 2 aromatic heterocycles. The van der Waals surface area contributed by atoms with Gasteiger partial charge in [0, 0.05) is 23.8 Å². The van der Waals surface area contributed by atoms with Gasteiger partial charge in [-0.2, -0.15) is 0 Å². The highest BCUT2D eigenvalue weighted by Gasteiger charge is 2.19. The van der Waals surface area contributed by atoms with E-state index in [-0.39, 0.29) is 0 Å². The summed E-state index contributed by atoms with van der Waals surface area (Å²) in [4.78, 5) is 11.4. The number of rotatable bonds is 6. The third-order valence-electron chi connectivity index (χ3n) is 3.95. The van der Waals surface area contributed by atoms with Gasteiger partial charge >= 0.3 is 0 Å². The Hall–Kier alpha value is -1.17. The molecule has 0 atom stereocenters. The molecule has 4 nitrogen and oxygen atoms in total. The molecule has 0 unspecified atom stereocenters. The molecule has 0 saturated carbocycles. The van der Waals surface area contributed by atoms with Crippen LogP contribution in [0.15, 0.2) is 29.9 Å². The van der Waals surface area contributed by atoms with E-state index >= 15 is 0 Å². The van der Waals surface area contributed by atoms with Gasteiger partial charge in [-0.25, -0.2) is 4.98 Å². The van der Waals surface area contributed by atoms with Crippen LogP contribution in [-0.2, 0) is 13.1 Å². The quantitative estimate of drug-likeness (QED) is 0.859. The Bertz CT molecular complexity index is 472. The first-order valence-corrected chi connectivity index (χ1v) is 8.22. The van der Waals surface area contributed by atoms with E-state index in [2.05, 4.69) is 37.7 Å². The van der Waals surface area contributed by atoms with Crippen LogP contribution in [-0.4, -0.2) is 34.5 Å². The number of nitrogens with one attached hydrogen (secondary N) is 2. The Morgan fingerprint density at radius 3 is 3.00 bits per heavy atom.